The summed E-state index contributed by atoms with van der Waals surface area (Å²) in [4.78, 5) is 9.77. The van der Waals surface area contributed by atoms with Crippen LogP contribution in [0.1, 0.15) is 5.56 Å². The van der Waals surface area contributed by atoms with Crippen LogP contribution in [-0.2, 0) is 6.54 Å². The first-order valence-electron chi connectivity index (χ1n) is 5.07. The van der Waals surface area contributed by atoms with Crippen molar-refractivity contribution in [3.8, 4) is 0 Å². The van der Waals surface area contributed by atoms with Crippen LogP contribution in [0.2, 0.25) is 0 Å². The van der Waals surface area contributed by atoms with Gasteiger partial charge in [0.2, 0.25) is 0 Å². The molecule has 0 saturated heterocycles. The lowest BCUT2D eigenvalue weighted by Gasteiger charge is -2.01. The van der Waals surface area contributed by atoms with Crippen LogP contribution >= 0.6 is 11.8 Å². The standard InChI is InChI=1S/C12H13N3S/c1-13-7-10-8-14-12(15-9-10)16-11-5-3-2-4-6-11/h2-6,8-9,13H,7H2,1H3. The van der Waals surface area contributed by atoms with Crippen molar-refractivity contribution in [2.45, 2.75) is 16.6 Å². The summed E-state index contributed by atoms with van der Waals surface area (Å²) in [7, 11) is 1.91. The number of aromatic nitrogens is 2. The Morgan fingerprint density at radius 1 is 1.12 bits per heavy atom. The van der Waals surface area contributed by atoms with Gasteiger partial charge in [-0.25, -0.2) is 9.97 Å². The summed E-state index contributed by atoms with van der Waals surface area (Å²) < 4.78 is 0. The van der Waals surface area contributed by atoms with Gasteiger partial charge in [-0.1, -0.05) is 18.2 Å². The topological polar surface area (TPSA) is 37.8 Å². The van der Waals surface area contributed by atoms with Gasteiger partial charge in [0.25, 0.3) is 0 Å². The highest BCUT2D eigenvalue weighted by molar-refractivity contribution is 7.99. The van der Waals surface area contributed by atoms with Crippen molar-refractivity contribution in [3.05, 3.63) is 48.3 Å². The summed E-state index contributed by atoms with van der Waals surface area (Å²) in [5.74, 6) is 0. The summed E-state index contributed by atoms with van der Waals surface area (Å²) in [5, 5.41) is 3.85. The lowest BCUT2D eigenvalue weighted by molar-refractivity contribution is 0.793. The molecule has 0 radical (unpaired) electrons. The van der Waals surface area contributed by atoms with Gasteiger partial charge in [0, 0.05) is 29.4 Å². The Labute approximate surface area is 99.3 Å². The first kappa shape index (κ1) is 11.1. The normalized spacial score (nSPS) is 10.3. The Morgan fingerprint density at radius 2 is 1.81 bits per heavy atom. The SMILES string of the molecule is CNCc1cnc(Sc2ccccc2)nc1. The molecule has 4 heteroatoms. The fourth-order valence-electron chi connectivity index (χ4n) is 1.28. The number of hydrogen-bond donors (Lipinski definition) is 1. The van der Waals surface area contributed by atoms with Crippen molar-refractivity contribution in [2.24, 2.45) is 0 Å². The van der Waals surface area contributed by atoms with Gasteiger partial charge in [0.05, 0.1) is 0 Å². The summed E-state index contributed by atoms with van der Waals surface area (Å²) in [6.45, 7) is 0.802. The minimum absolute atomic E-state index is 0.783. The van der Waals surface area contributed by atoms with Crippen LogP contribution in [0, 0.1) is 0 Å². The van der Waals surface area contributed by atoms with Crippen molar-refractivity contribution in [1.29, 1.82) is 0 Å². The third kappa shape index (κ3) is 3.05. The lowest BCUT2D eigenvalue weighted by Crippen LogP contribution is -2.05. The molecule has 2 rings (SSSR count). The zero-order valence-corrected chi connectivity index (χ0v) is 9.87. The molecule has 0 aliphatic heterocycles. The summed E-state index contributed by atoms with van der Waals surface area (Å²) in [5.41, 5.74) is 1.10. The molecule has 1 aromatic carbocycles. The molecule has 0 aliphatic rings. The monoisotopic (exact) mass is 231 g/mol. The van der Waals surface area contributed by atoms with Gasteiger partial charge in [0.15, 0.2) is 5.16 Å². The summed E-state index contributed by atoms with van der Waals surface area (Å²) in [6, 6.07) is 10.1. The lowest BCUT2D eigenvalue weighted by atomic mass is 10.3. The van der Waals surface area contributed by atoms with E-state index in [1.54, 1.807) is 11.8 Å². The van der Waals surface area contributed by atoms with E-state index in [2.05, 4.69) is 27.4 Å². The van der Waals surface area contributed by atoms with E-state index in [0.29, 0.717) is 0 Å². The molecule has 0 saturated carbocycles. The van der Waals surface area contributed by atoms with E-state index in [-0.39, 0.29) is 0 Å². The fraction of sp³-hybridized carbons (Fsp3) is 0.167. The van der Waals surface area contributed by atoms with Gasteiger partial charge in [0.1, 0.15) is 0 Å². The van der Waals surface area contributed by atoms with Gasteiger partial charge >= 0.3 is 0 Å². The maximum Gasteiger partial charge on any atom is 0.192 e. The molecule has 0 fully saturated rings. The Balaban J connectivity index is 2.05. The molecule has 82 valence electrons. The number of benzene rings is 1. The highest BCUT2D eigenvalue weighted by Crippen LogP contribution is 2.23. The highest BCUT2D eigenvalue weighted by Gasteiger charge is 1.99. The molecule has 1 aromatic heterocycles. The molecule has 0 amide bonds. The molecular weight excluding hydrogens is 218 g/mol. The largest absolute Gasteiger partial charge is 0.316 e. The quantitative estimate of drug-likeness (QED) is 0.820. The zero-order valence-electron chi connectivity index (χ0n) is 9.05. The van der Waals surface area contributed by atoms with Crippen LogP contribution in [0.4, 0.5) is 0 Å². The van der Waals surface area contributed by atoms with Gasteiger partial charge in [-0.15, -0.1) is 0 Å². The zero-order chi connectivity index (χ0) is 11.2. The average Bonchev–Trinajstić information content (AvgIpc) is 2.33. The first-order valence-corrected chi connectivity index (χ1v) is 5.88. The smallest absolute Gasteiger partial charge is 0.192 e. The van der Waals surface area contributed by atoms with E-state index >= 15 is 0 Å². The second-order valence-electron chi connectivity index (χ2n) is 3.32. The Hall–Kier alpha value is -1.39. The molecule has 16 heavy (non-hydrogen) atoms. The maximum atomic E-state index is 4.30. The van der Waals surface area contributed by atoms with Crippen molar-refractivity contribution in [2.75, 3.05) is 7.05 Å². The summed E-state index contributed by atoms with van der Waals surface area (Å²) >= 11 is 1.57. The molecule has 1 N–H and O–H groups in total. The van der Waals surface area contributed by atoms with E-state index < -0.39 is 0 Å². The van der Waals surface area contributed by atoms with Gasteiger partial charge in [-0.05, 0) is 30.9 Å². The van der Waals surface area contributed by atoms with Crippen molar-refractivity contribution >= 4 is 11.8 Å². The molecule has 0 bridgehead atoms. The van der Waals surface area contributed by atoms with E-state index in [1.807, 2.05) is 37.6 Å². The van der Waals surface area contributed by atoms with E-state index in [1.165, 1.54) is 0 Å². The van der Waals surface area contributed by atoms with E-state index in [4.69, 9.17) is 0 Å². The number of nitrogens with zero attached hydrogens (tertiary/aromatic N) is 2. The second kappa shape index (κ2) is 5.63. The predicted molar refractivity (Wildman–Crippen MR) is 65.4 cm³/mol. The van der Waals surface area contributed by atoms with Gasteiger partial charge in [-0.3, -0.25) is 0 Å². The first-order chi connectivity index (χ1) is 7.88. The van der Waals surface area contributed by atoms with E-state index in [0.717, 1.165) is 22.2 Å². The highest BCUT2D eigenvalue weighted by atomic mass is 32.2. The predicted octanol–water partition coefficient (Wildman–Crippen LogP) is 2.35. The van der Waals surface area contributed by atoms with Crippen LogP contribution in [0.25, 0.3) is 0 Å². The third-order valence-electron chi connectivity index (χ3n) is 2.01. The molecule has 0 aliphatic carbocycles. The minimum atomic E-state index is 0.783. The number of rotatable bonds is 4. The minimum Gasteiger partial charge on any atom is -0.316 e. The van der Waals surface area contributed by atoms with Crippen LogP contribution in [0.5, 0.6) is 0 Å². The average molecular weight is 231 g/mol. The van der Waals surface area contributed by atoms with E-state index in [9.17, 15) is 0 Å². The number of nitrogens with one attached hydrogen (secondary N) is 1. The maximum absolute atomic E-state index is 4.30. The molecule has 0 atom stereocenters. The third-order valence-corrected chi connectivity index (χ3v) is 2.92. The molecule has 0 unspecified atom stereocenters. The number of hydrogen-bond acceptors (Lipinski definition) is 4. The van der Waals surface area contributed by atoms with Gasteiger partial charge < -0.3 is 5.32 Å². The van der Waals surface area contributed by atoms with Crippen molar-refractivity contribution in [3.63, 3.8) is 0 Å². The molecule has 2 aromatic rings. The molecule has 3 nitrogen and oxygen atoms in total. The second-order valence-corrected chi connectivity index (χ2v) is 4.36. The molecule has 1 heterocycles. The Bertz CT molecular complexity index is 428. The van der Waals surface area contributed by atoms with Crippen LogP contribution in [-0.4, -0.2) is 17.0 Å². The molecular formula is C12H13N3S. The van der Waals surface area contributed by atoms with Crippen LogP contribution in [0.15, 0.2) is 52.8 Å². The Morgan fingerprint density at radius 3 is 2.44 bits per heavy atom. The molecule has 0 spiro atoms. The summed E-state index contributed by atoms with van der Waals surface area (Å²) in [6.07, 6.45) is 3.71. The van der Waals surface area contributed by atoms with Crippen molar-refractivity contribution < 1.29 is 0 Å². The van der Waals surface area contributed by atoms with Gasteiger partial charge in [-0.2, -0.15) is 0 Å². The fourth-order valence-corrected chi connectivity index (χ4v) is 2.00. The van der Waals surface area contributed by atoms with Crippen LogP contribution < -0.4 is 5.32 Å². The van der Waals surface area contributed by atoms with Crippen molar-refractivity contribution in [1.82, 2.24) is 15.3 Å². The Kier molecular flexibility index (Phi) is 3.91. The van der Waals surface area contributed by atoms with Crippen LogP contribution in [0.3, 0.4) is 0 Å².